The molecule has 4 heterocycles. The average Bonchev–Trinajstić information content (AvgIpc) is 3.93. The summed E-state index contributed by atoms with van der Waals surface area (Å²) in [5.41, 5.74) is 6.82. The lowest BCUT2D eigenvalue weighted by Crippen LogP contribution is -2.33. The Bertz CT molecular complexity index is 2780. The van der Waals surface area contributed by atoms with E-state index in [1.807, 2.05) is 53.5 Å². The summed E-state index contributed by atoms with van der Waals surface area (Å²) in [4.78, 5) is 55.0. The molecule has 61 heavy (non-hydrogen) atoms. The molecule has 13 nitrogen and oxygen atoms in total. The van der Waals surface area contributed by atoms with E-state index in [1.54, 1.807) is 57.4 Å². The van der Waals surface area contributed by atoms with Crippen LogP contribution in [-0.4, -0.2) is 61.8 Å². The highest BCUT2D eigenvalue weighted by Gasteiger charge is 2.32. The normalized spacial score (nSPS) is 15.2. The Morgan fingerprint density at radius 2 is 1.75 bits per heavy atom. The molecule has 2 aromatic heterocycles. The van der Waals surface area contributed by atoms with Gasteiger partial charge < -0.3 is 34.8 Å². The van der Waals surface area contributed by atoms with Crippen molar-refractivity contribution < 1.29 is 32.7 Å². The molecular formula is C47H43FN6O7. The molecule has 0 saturated carbocycles. The van der Waals surface area contributed by atoms with Crippen LogP contribution in [-0.2, 0) is 9.53 Å². The number of carbonyl (C=O) groups is 3. The number of nitrogens with one attached hydrogen (secondary N) is 4. The minimum Gasteiger partial charge on any atom is -0.497 e. The molecule has 1 atom stereocenters. The standard InChI is InChI=1S/C47H43FN6O7/c1-27-39(25-36-35-24-32(48)12-16-38(35)52-44(36)55)51-28(2)43(27)45(56)50-20-19-49-18-7-21-60-46(57)30-10-13-33(14-11-30)54-41(29-8-5-4-6-9-29)26-40(53-54)37-23-31-22-34(59-3)15-17-42(31)61-47(37)58/h4-6,8-17,22-25,41,49,51H,7,18-21,26H2,1-3H3,(H,50,56)(H,52,55)/b36-25-. The number of fused-ring (bicyclic) bond motifs is 2. The van der Waals surface area contributed by atoms with Gasteiger partial charge in [-0.3, -0.25) is 14.6 Å². The monoisotopic (exact) mass is 822 g/mol. The lowest BCUT2D eigenvalue weighted by Gasteiger charge is -2.24. The highest BCUT2D eigenvalue weighted by Crippen LogP contribution is 2.37. The van der Waals surface area contributed by atoms with Gasteiger partial charge in [0.15, 0.2) is 0 Å². The topological polar surface area (TPSA) is 167 Å². The van der Waals surface area contributed by atoms with Gasteiger partial charge in [0.25, 0.3) is 11.8 Å². The fourth-order valence-electron chi connectivity index (χ4n) is 7.66. The number of halogens is 1. The zero-order valence-electron chi connectivity index (χ0n) is 33.8. The predicted molar refractivity (Wildman–Crippen MR) is 232 cm³/mol. The molecule has 2 amide bonds. The van der Waals surface area contributed by atoms with Gasteiger partial charge in [-0.2, -0.15) is 5.10 Å². The molecule has 0 fully saturated rings. The van der Waals surface area contributed by atoms with E-state index in [1.165, 1.54) is 18.2 Å². The Labute approximate surface area is 350 Å². The average molecular weight is 823 g/mol. The zero-order chi connectivity index (χ0) is 42.6. The van der Waals surface area contributed by atoms with Gasteiger partial charge in [0.05, 0.1) is 53.4 Å². The summed E-state index contributed by atoms with van der Waals surface area (Å²) in [7, 11) is 1.58. The fourth-order valence-corrected chi connectivity index (χ4v) is 7.66. The SMILES string of the molecule is COc1ccc2oc(=O)c(C3=NN(c4ccc(C(=O)OCCCNCCNC(=O)c5c(C)[nH]c(/C=C6\C(=O)Nc7ccc(F)cc76)c5C)cc4)C(c4ccccc4)C3)cc2c1. The van der Waals surface area contributed by atoms with Crippen molar-refractivity contribution in [3.63, 3.8) is 0 Å². The second-order valence-corrected chi connectivity index (χ2v) is 14.8. The third-order valence-electron chi connectivity index (χ3n) is 10.8. The number of esters is 1. The zero-order valence-corrected chi connectivity index (χ0v) is 33.8. The van der Waals surface area contributed by atoms with Crippen molar-refractivity contribution in [3.8, 4) is 5.75 Å². The number of carbonyl (C=O) groups excluding carboxylic acids is 3. The number of aromatic nitrogens is 1. The summed E-state index contributed by atoms with van der Waals surface area (Å²) < 4.78 is 30.5. The van der Waals surface area contributed by atoms with Gasteiger partial charge in [-0.1, -0.05) is 30.3 Å². The van der Waals surface area contributed by atoms with E-state index in [4.69, 9.17) is 19.0 Å². The van der Waals surface area contributed by atoms with Crippen LogP contribution in [0.2, 0.25) is 0 Å². The largest absolute Gasteiger partial charge is 0.497 e. The number of rotatable bonds is 14. The van der Waals surface area contributed by atoms with Crippen molar-refractivity contribution in [1.29, 1.82) is 0 Å². The first kappa shape index (κ1) is 40.5. The molecule has 14 heteroatoms. The number of methoxy groups -OCH3 is 1. The fraction of sp³-hybridized carbons (Fsp3) is 0.213. The Balaban J connectivity index is 0.820. The van der Waals surface area contributed by atoms with E-state index in [9.17, 15) is 23.6 Å². The molecule has 4 N–H and O–H groups in total. The summed E-state index contributed by atoms with van der Waals surface area (Å²) >= 11 is 0. The Morgan fingerprint density at radius 1 is 0.951 bits per heavy atom. The molecule has 0 saturated heterocycles. The second kappa shape index (κ2) is 17.5. The molecule has 0 spiro atoms. The molecule has 0 radical (unpaired) electrons. The van der Waals surface area contributed by atoms with Gasteiger partial charge in [-0.25, -0.2) is 14.0 Å². The van der Waals surface area contributed by atoms with Crippen LogP contribution in [0.3, 0.4) is 0 Å². The number of ether oxygens (including phenoxy) is 2. The number of nitrogens with zero attached hydrogens (tertiary/aromatic N) is 2. The molecule has 2 aliphatic heterocycles. The molecule has 4 aromatic carbocycles. The third kappa shape index (κ3) is 8.57. The lowest BCUT2D eigenvalue weighted by atomic mass is 9.98. The molecule has 6 aromatic rings. The summed E-state index contributed by atoms with van der Waals surface area (Å²) in [5.74, 6) is -0.848. The number of benzene rings is 4. The number of aryl methyl sites for hydroxylation is 1. The predicted octanol–water partition coefficient (Wildman–Crippen LogP) is 7.30. The first-order chi connectivity index (χ1) is 29.6. The second-order valence-electron chi connectivity index (χ2n) is 14.8. The molecule has 2 aliphatic rings. The van der Waals surface area contributed by atoms with Crippen LogP contribution in [0.4, 0.5) is 15.8 Å². The molecule has 310 valence electrons. The Morgan fingerprint density at radius 3 is 2.54 bits per heavy atom. The van der Waals surface area contributed by atoms with Crippen molar-refractivity contribution in [3.05, 3.63) is 158 Å². The van der Waals surface area contributed by atoms with Gasteiger partial charge >= 0.3 is 11.6 Å². The van der Waals surface area contributed by atoms with E-state index < -0.39 is 17.4 Å². The first-order valence-electron chi connectivity index (χ1n) is 19.9. The van der Waals surface area contributed by atoms with Crippen LogP contribution in [0, 0.1) is 19.7 Å². The maximum atomic E-state index is 13.9. The number of amides is 2. The van der Waals surface area contributed by atoms with E-state index >= 15 is 0 Å². The highest BCUT2D eigenvalue weighted by atomic mass is 19.1. The lowest BCUT2D eigenvalue weighted by molar-refractivity contribution is -0.110. The smallest absolute Gasteiger partial charge is 0.345 e. The van der Waals surface area contributed by atoms with E-state index in [2.05, 4.69) is 20.9 Å². The Kier molecular flexibility index (Phi) is 11.6. The number of hydrazone groups is 1. The van der Waals surface area contributed by atoms with Crippen molar-refractivity contribution in [2.24, 2.45) is 5.10 Å². The van der Waals surface area contributed by atoms with Crippen LogP contribution in [0.5, 0.6) is 5.75 Å². The highest BCUT2D eigenvalue weighted by molar-refractivity contribution is 6.35. The molecule has 0 aliphatic carbocycles. The maximum absolute atomic E-state index is 13.9. The molecule has 8 rings (SSSR count). The van der Waals surface area contributed by atoms with Crippen LogP contribution in [0.1, 0.15) is 73.2 Å². The third-order valence-corrected chi connectivity index (χ3v) is 10.8. The summed E-state index contributed by atoms with van der Waals surface area (Å²) in [6.45, 7) is 5.20. The number of hydrogen-bond donors (Lipinski definition) is 4. The Hall–Kier alpha value is -7.32. The van der Waals surface area contributed by atoms with E-state index in [-0.39, 0.29) is 24.5 Å². The van der Waals surface area contributed by atoms with Crippen LogP contribution >= 0.6 is 0 Å². The van der Waals surface area contributed by atoms with E-state index in [0.29, 0.717) is 100.0 Å². The minimum absolute atomic E-state index is 0.200. The number of anilines is 2. The van der Waals surface area contributed by atoms with Crippen molar-refractivity contribution in [2.45, 2.75) is 32.7 Å². The van der Waals surface area contributed by atoms with Crippen molar-refractivity contribution >= 4 is 57.5 Å². The van der Waals surface area contributed by atoms with Gasteiger partial charge in [0, 0.05) is 47.5 Å². The summed E-state index contributed by atoms with van der Waals surface area (Å²) in [6.07, 6.45) is 2.66. The van der Waals surface area contributed by atoms with Crippen molar-refractivity contribution in [2.75, 3.05) is 43.7 Å². The van der Waals surface area contributed by atoms with E-state index in [0.717, 1.165) is 16.6 Å². The van der Waals surface area contributed by atoms with Gasteiger partial charge in [-0.05, 0) is 111 Å². The van der Waals surface area contributed by atoms with Crippen LogP contribution in [0.25, 0.3) is 22.6 Å². The number of aromatic amines is 1. The minimum atomic E-state index is -0.474. The molecule has 1 unspecified atom stereocenters. The van der Waals surface area contributed by atoms with Gasteiger partial charge in [0.1, 0.15) is 17.1 Å². The molecule has 0 bridgehead atoms. The first-order valence-corrected chi connectivity index (χ1v) is 19.9. The van der Waals surface area contributed by atoms with Crippen LogP contribution < -0.4 is 31.3 Å². The molecular weight excluding hydrogens is 780 g/mol. The maximum Gasteiger partial charge on any atom is 0.345 e. The van der Waals surface area contributed by atoms with Gasteiger partial charge in [0.2, 0.25) is 0 Å². The summed E-state index contributed by atoms with van der Waals surface area (Å²) in [6, 6.07) is 27.9. The quantitative estimate of drug-likeness (QED) is 0.0382. The van der Waals surface area contributed by atoms with Crippen molar-refractivity contribution in [1.82, 2.24) is 15.6 Å². The number of hydrogen-bond acceptors (Lipinski definition) is 10. The number of H-pyrrole nitrogens is 1. The summed E-state index contributed by atoms with van der Waals surface area (Å²) in [5, 5.41) is 16.4. The van der Waals surface area contributed by atoms with Gasteiger partial charge in [-0.15, -0.1) is 0 Å². The van der Waals surface area contributed by atoms with Crippen LogP contribution in [0.15, 0.2) is 111 Å².